The van der Waals surface area contributed by atoms with E-state index in [1.165, 1.54) is 12.8 Å². The molecule has 0 bridgehead atoms. The smallest absolute Gasteiger partial charge is 0.324 e. The van der Waals surface area contributed by atoms with Crippen molar-refractivity contribution in [2.75, 3.05) is 46.5 Å². The zero-order valence-electron chi connectivity index (χ0n) is 12.5. The van der Waals surface area contributed by atoms with E-state index in [4.69, 9.17) is 9.47 Å². The molecule has 1 aliphatic carbocycles. The Morgan fingerprint density at radius 1 is 1.42 bits per heavy atom. The molecular formula is C14H28N2O3. The number of esters is 1. The summed E-state index contributed by atoms with van der Waals surface area (Å²) in [7, 11) is 2.00. The van der Waals surface area contributed by atoms with Crippen LogP contribution in [0.4, 0.5) is 0 Å². The highest BCUT2D eigenvalue weighted by atomic mass is 16.5. The Morgan fingerprint density at radius 2 is 2.16 bits per heavy atom. The maximum atomic E-state index is 11.8. The summed E-state index contributed by atoms with van der Waals surface area (Å²) < 4.78 is 10.7. The Hall–Kier alpha value is -0.650. The molecule has 0 amide bonds. The van der Waals surface area contributed by atoms with Crippen LogP contribution < -0.4 is 5.32 Å². The van der Waals surface area contributed by atoms with Gasteiger partial charge in [-0.05, 0) is 39.3 Å². The van der Waals surface area contributed by atoms with Crippen molar-refractivity contribution < 1.29 is 14.3 Å². The molecule has 1 saturated carbocycles. The third-order valence-corrected chi connectivity index (χ3v) is 3.18. The lowest BCUT2D eigenvalue weighted by Gasteiger charge is -2.23. The number of hydrogen-bond donors (Lipinski definition) is 1. The summed E-state index contributed by atoms with van der Waals surface area (Å²) in [6.07, 6.45) is 2.64. The normalized spacial score (nSPS) is 16.6. The first kappa shape index (κ1) is 16.4. The maximum Gasteiger partial charge on any atom is 0.324 e. The number of carbonyl (C=O) groups is 1. The molecule has 1 atom stereocenters. The number of ether oxygens (including phenoxy) is 2. The van der Waals surface area contributed by atoms with Gasteiger partial charge in [0.15, 0.2) is 0 Å². The second kappa shape index (κ2) is 9.28. The zero-order chi connectivity index (χ0) is 14.1. The second-order valence-corrected chi connectivity index (χ2v) is 5.14. The van der Waals surface area contributed by atoms with Gasteiger partial charge in [-0.2, -0.15) is 0 Å². The molecule has 1 fully saturated rings. The Kier molecular flexibility index (Phi) is 8.02. The van der Waals surface area contributed by atoms with E-state index in [1.807, 2.05) is 20.9 Å². The molecule has 5 nitrogen and oxygen atoms in total. The minimum Gasteiger partial charge on any atom is -0.465 e. The van der Waals surface area contributed by atoms with Crippen molar-refractivity contribution in [1.29, 1.82) is 0 Å². The Labute approximate surface area is 116 Å². The molecule has 1 rings (SSSR count). The van der Waals surface area contributed by atoms with Crippen molar-refractivity contribution in [2.45, 2.75) is 32.7 Å². The Bertz CT molecular complexity index is 257. The molecule has 5 heteroatoms. The van der Waals surface area contributed by atoms with Gasteiger partial charge in [0.25, 0.3) is 0 Å². The van der Waals surface area contributed by atoms with E-state index >= 15 is 0 Å². The highest BCUT2D eigenvalue weighted by molar-refractivity contribution is 5.76. The first-order valence-electron chi connectivity index (χ1n) is 7.33. The van der Waals surface area contributed by atoms with Crippen LogP contribution in [0.5, 0.6) is 0 Å². The van der Waals surface area contributed by atoms with Crippen LogP contribution in [0.25, 0.3) is 0 Å². The molecule has 0 aromatic rings. The van der Waals surface area contributed by atoms with Crippen molar-refractivity contribution in [3.05, 3.63) is 0 Å². The molecule has 0 aromatic heterocycles. The summed E-state index contributed by atoms with van der Waals surface area (Å²) >= 11 is 0. The Morgan fingerprint density at radius 3 is 2.74 bits per heavy atom. The van der Waals surface area contributed by atoms with Gasteiger partial charge in [0, 0.05) is 19.7 Å². The van der Waals surface area contributed by atoms with Gasteiger partial charge < -0.3 is 19.7 Å². The van der Waals surface area contributed by atoms with Crippen molar-refractivity contribution >= 4 is 5.97 Å². The van der Waals surface area contributed by atoms with Crippen LogP contribution in [0.2, 0.25) is 0 Å². The summed E-state index contributed by atoms with van der Waals surface area (Å²) in [5.74, 6) is 0.634. The first-order chi connectivity index (χ1) is 9.17. The van der Waals surface area contributed by atoms with Crippen molar-refractivity contribution in [3.63, 3.8) is 0 Å². The van der Waals surface area contributed by atoms with Gasteiger partial charge in [-0.25, -0.2) is 0 Å². The fraction of sp³-hybridized carbons (Fsp3) is 0.929. The third-order valence-electron chi connectivity index (χ3n) is 3.18. The molecule has 0 aromatic carbocycles. The van der Waals surface area contributed by atoms with Crippen LogP contribution in [0.15, 0.2) is 0 Å². The monoisotopic (exact) mass is 272 g/mol. The highest BCUT2D eigenvalue weighted by Gasteiger charge is 2.22. The molecule has 1 unspecified atom stereocenters. The highest BCUT2D eigenvalue weighted by Crippen LogP contribution is 2.28. The van der Waals surface area contributed by atoms with Crippen LogP contribution in [0, 0.1) is 5.92 Å². The lowest BCUT2D eigenvalue weighted by Crippen LogP contribution is -2.46. The molecule has 1 N–H and O–H groups in total. The van der Waals surface area contributed by atoms with Gasteiger partial charge in [0.1, 0.15) is 6.04 Å². The van der Waals surface area contributed by atoms with Crippen molar-refractivity contribution in [2.24, 2.45) is 5.92 Å². The number of hydrogen-bond acceptors (Lipinski definition) is 5. The van der Waals surface area contributed by atoms with Gasteiger partial charge in [0.2, 0.25) is 0 Å². The Balaban J connectivity index is 2.16. The zero-order valence-corrected chi connectivity index (χ0v) is 12.5. The average molecular weight is 272 g/mol. The molecule has 19 heavy (non-hydrogen) atoms. The van der Waals surface area contributed by atoms with E-state index in [9.17, 15) is 4.79 Å². The number of rotatable bonds is 11. The lowest BCUT2D eigenvalue weighted by molar-refractivity contribution is -0.146. The quantitative estimate of drug-likeness (QED) is 0.447. The fourth-order valence-corrected chi connectivity index (χ4v) is 1.87. The minimum atomic E-state index is -0.251. The summed E-state index contributed by atoms with van der Waals surface area (Å²) in [6, 6.07) is -0.251. The number of nitrogens with one attached hydrogen (secondary N) is 1. The third kappa shape index (κ3) is 7.50. The summed E-state index contributed by atoms with van der Waals surface area (Å²) in [5.41, 5.74) is 0. The number of likely N-dealkylation sites (N-methyl/N-ethyl adjacent to an activating group) is 2. The number of carbonyl (C=O) groups excluding carboxylic acids is 1. The van der Waals surface area contributed by atoms with Gasteiger partial charge in [-0.1, -0.05) is 6.92 Å². The van der Waals surface area contributed by atoms with Crippen molar-refractivity contribution in [1.82, 2.24) is 10.2 Å². The topological polar surface area (TPSA) is 50.8 Å². The van der Waals surface area contributed by atoms with Gasteiger partial charge in [-0.15, -0.1) is 0 Å². The van der Waals surface area contributed by atoms with E-state index in [0.717, 1.165) is 32.2 Å². The predicted octanol–water partition coefficient (Wildman–Crippen LogP) is 0.886. The van der Waals surface area contributed by atoms with Gasteiger partial charge in [0.05, 0.1) is 13.2 Å². The molecule has 112 valence electrons. The summed E-state index contributed by atoms with van der Waals surface area (Å²) in [5, 5.41) is 3.16. The lowest BCUT2D eigenvalue weighted by atomic mass is 10.2. The largest absolute Gasteiger partial charge is 0.465 e. The molecule has 0 saturated heterocycles. The van der Waals surface area contributed by atoms with Crippen LogP contribution in [-0.4, -0.2) is 63.4 Å². The molecule has 0 spiro atoms. The fourth-order valence-electron chi connectivity index (χ4n) is 1.87. The standard InChI is InChI=1S/C14H28N2O3/c1-4-15-13(14(17)19-5-2)10-16(3)8-9-18-11-12-6-7-12/h12-13,15H,4-11H2,1-3H3. The molecule has 1 aliphatic rings. The average Bonchev–Trinajstić information content (AvgIpc) is 3.18. The van der Waals surface area contributed by atoms with Crippen LogP contribution >= 0.6 is 0 Å². The second-order valence-electron chi connectivity index (χ2n) is 5.14. The molecule has 0 radical (unpaired) electrons. The molecule has 0 heterocycles. The van der Waals surface area contributed by atoms with E-state index in [1.54, 1.807) is 0 Å². The van der Waals surface area contributed by atoms with E-state index in [2.05, 4.69) is 10.2 Å². The summed E-state index contributed by atoms with van der Waals surface area (Å²) in [4.78, 5) is 13.9. The minimum absolute atomic E-state index is 0.171. The molecular weight excluding hydrogens is 244 g/mol. The van der Waals surface area contributed by atoms with Gasteiger partial charge >= 0.3 is 5.97 Å². The van der Waals surface area contributed by atoms with Gasteiger partial charge in [-0.3, -0.25) is 4.79 Å². The number of nitrogens with zero attached hydrogens (tertiary/aromatic N) is 1. The predicted molar refractivity (Wildman–Crippen MR) is 75.1 cm³/mol. The van der Waals surface area contributed by atoms with Crippen molar-refractivity contribution in [3.8, 4) is 0 Å². The van der Waals surface area contributed by atoms with Crippen LogP contribution in [-0.2, 0) is 14.3 Å². The van der Waals surface area contributed by atoms with Crippen LogP contribution in [0.1, 0.15) is 26.7 Å². The van der Waals surface area contributed by atoms with Crippen LogP contribution in [0.3, 0.4) is 0 Å². The first-order valence-corrected chi connectivity index (χ1v) is 7.33. The summed E-state index contributed by atoms with van der Waals surface area (Å²) in [6.45, 7) is 8.12. The SMILES string of the molecule is CCNC(CN(C)CCOCC1CC1)C(=O)OCC. The maximum absolute atomic E-state index is 11.8. The molecule has 0 aliphatic heterocycles. The van der Waals surface area contributed by atoms with E-state index < -0.39 is 0 Å². The van der Waals surface area contributed by atoms with E-state index in [-0.39, 0.29) is 12.0 Å². The van der Waals surface area contributed by atoms with E-state index in [0.29, 0.717) is 13.2 Å².